The van der Waals surface area contributed by atoms with Gasteiger partial charge in [0.05, 0.1) is 27.4 Å². The number of amides is 1. The summed E-state index contributed by atoms with van der Waals surface area (Å²) >= 11 is 7.87. The van der Waals surface area contributed by atoms with Crippen molar-refractivity contribution in [2.24, 2.45) is 29.6 Å². The molecule has 57 heavy (non-hydrogen) atoms. The maximum atomic E-state index is 17.4. The summed E-state index contributed by atoms with van der Waals surface area (Å²) in [6.45, 7) is 1.85. The van der Waals surface area contributed by atoms with Crippen LogP contribution in [0.3, 0.4) is 0 Å². The Bertz CT molecular complexity index is 2380. The number of nitriles is 1. The summed E-state index contributed by atoms with van der Waals surface area (Å²) in [5, 5.41) is 10.5. The summed E-state index contributed by atoms with van der Waals surface area (Å²) in [4.78, 5) is 29.2. The van der Waals surface area contributed by atoms with E-state index in [0.717, 1.165) is 50.0 Å². The van der Waals surface area contributed by atoms with Gasteiger partial charge in [0.25, 0.3) is 5.92 Å². The lowest BCUT2D eigenvalue weighted by Crippen LogP contribution is -2.51. The molecule has 4 aliphatic heterocycles. The number of hydrogen-bond acceptors (Lipinski definition) is 9. The molecule has 5 unspecified atom stereocenters. The van der Waals surface area contributed by atoms with E-state index < -0.39 is 41.7 Å². The molecular formula is C41H41ClF5N7O2S. The Morgan fingerprint density at radius 1 is 1.09 bits per heavy atom. The molecule has 2 saturated carbocycles. The van der Waals surface area contributed by atoms with Gasteiger partial charge in [-0.2, -0.15) is 15.2 Å². The number of anilines is 2. The van der Waals surface area contributed by atoms with Gasteiger partial charge in [0, 0.05) is 61.3 Å². The number of alkyl halides is 3. The average Bonchev–Trinajstić information content (AvgIpc) is 3.89. The van der Waals surface area contributed by atoms with Crippen molar-refractivity contribution in [1.29, 1.82) is 5.26 Å². The van der Waals surface area contributed by atoms with Crippen molar-refractivity contribution < 1.29 is 31.5 Å². The summed E-state index contributed by atoms with van der Waals surface area (Å²) < 4.78 is 82.7. The van der Waals surface area contributed by atoms with Crippen LogP contribution >= 0.6 is 22.9 Å². The molecule has 7 atom stereocenters. The third kappa shape index (κ3) is 5.93. The molecular weight excluding hydrogens is 785 g/mol. The molecule has 6 fully saturated rings. The van der Waals surface area contributed by atoms with Gasteiger partial charge >= 0.3 is 6.01 Å². The van der Waals surface area contributed by atoms with Gasteiger partial charge in [0.15, 0.2) is 5.82 Å². The minimum atomic E-state index is -2.91. The number of aromatic nitrogens is 2. The largest absolute Gasteiger partial charge is 0.461 e. The quantitative estimate of drug-likeness (QED) is 0.194. The van der Waals surface area contributed by atoms with Crippen LogP contribution in [0.4, 0.5) is 32.8 Å². The maximum absolute atomic E-state index is 17.4. The highest BCUT2D eigenvalue weighted by molar-refractivity contribution is 7.23. The van der Waals surface area contributed by atoms with Crippen LogP contribution in [0.2, 0.25) is 5.02 Å². The van der Waals surface area contributed by atoms with Gasteiger partial charge in [-0.3, -0.25) is 9.69 Å². The molecule has 6 aliphatic rings. The van der Waals surface area contributed by atoms with Crippen molar-refractivity contribution in [2.75, 3.05) is 56.5 Å². The van der Waals surface area contributed by atoms with Crippen LogP contribution in [0.1, 0.15) is 56.9 Å². The number of hydrogen-bond donors (Lipinski definition) is 1. The zero-order valence-corrected chi connectivity index (χ0v) is 32.6. The van der Waals surface area contributed by atoms with Gasteiger partial charge in [0.2, 0.25) is 5.91 Å². The number of carbonyl (C=O) groups excluding carboxylic acids is 1. The Morgan fingerprint density at radius 2 is 1.89 bits per heavy atom. The van der Waals surface area contributed by atoms with E-state index in [2.05, 4.69) is 9.88 Å². The van der Waals surface area contributed by atoms with Crippen LogP contribution in [-0.4, -0.2) is 89.2 Å². The Morgan fingerprint density at radius 3 is 2.70 bits per heavy atom. The number of benzene rings is 2. The van der Waals surface area contributed by atoms with Crippen LogP contribution in [0.15, 0.2) is 18.2 Å². The molecule has 4 aromatic rings. The zero-order chi connectivity index (χ0) is 39.5. The summed E-state index contributed by atoms with van der Waals surface area (Å²) in [6.07, 6.45) is 3.43. The van der Waals surface area contributed by atoms with E-state index in [1.807, 2.05) is 11.0 Å². The number of ether oxygens (including phenoxy) is 1. The molecule has 4 saturated heterocycles. The van der Waals surface area contributed by atoms with E-state index in [1.54, 1.807) is 6.07 Å². The number of carbonyl (C=O) groups is 1. The van der Waals surface area contributed by atoms with Crippen molar-refractivity contribution in [3.63, 3.8) is 0 Å². The normalized spacial score (nSPS) is 30.6. The average molecular weight is 826 g/mol. The molecule has 10 rings (SSSR count). The first-order valence-corrected chi connectivity index (χ1v) is 21.1. The minimum Gasteiger partial charge on any atom is -0.461 e. The van der Waals surface area contributed by atoms with Crippen molar-refractivity contribution in [3.05, 3.63) is 40.4 Å². The Kier molecular flexibility index (Phi) is 8.85. The molecule has 6 heterocycles. The predicted molar refractivity (Wildman–Crippen MR) is 207 cm³/mol. The number of thiophene rings is 1. The number of nitrogen functional groups attached to an aromatic ring is 1. The zero-order valence-electron chi connectivity index (χ0n) is 31.1. The molecule has 2 bridgehead atoms. The first-order chi connectivity index (χ1) is 27.3. The van der Waals surface area contributed by atoms with Crippen molar-refractivity contribution in [3.8, 4) is 23.2 Å². The third-order valence-electron chi connectivity index (χ3n) is 14.1. The Hall–Kier alpha value is -4.00. The lowest BCUT2D eigenvalue weighted by atomic mass is 9.63. The summed E-state index contributed by atoms with van der Waals surface area (Å²) in [7, 11) is 0. The van der Waals surface area contributed by atoms with Gasteiger partial charge in [-0.1, -0.05) is 17.7 Å². The van der Waals surface area contributed by atoms with Gasteiger partial charge in [-0.25, -0.2) is 22.0 Å². The van der Waals surface area contributed by atoms with Crippen molar-refractivity contribution >= 4 is 60.7 Å². The second-order valence-corrected chi connectivity index (χ2v) is 18.6. The van der Waals surface area contributed by atoms with Gasteiger partial charge in [-0.05, 0) is 86.4 Å². The maximum Gasteiger partial charge on any atom is 0.319 e. The molecule has 300 valence electrons. The molecule has 2 aliphatic carbocycles. The minimum absolute atomic E-state index is 0.0156. The van der Waals surface area contributed by atoms with E-state index in [9.17, 15) is 23.2 Å². The first-order valence-electron chi connectivity index (χ1n) is 19.9. The summed E-state index contributed by atoms with van der Waals surface area (Å²) in [6, 6.07) is 6.06. The second kappa shape index (κ2) is 13.5. The molecule has 1 amide bonds. The highest BCUT2D eigenvalue weighted by atomic mass is 35.5. The summed E-state index contributed by atoms with van der Waals surface area (Å²) in [5.74, 6) is -3.91. The van der Waals surface area contributed by atoms with E-state index in [0.29, 0.717) is 55.6 Å². The van der Waals surface area contributed by atoms with Crippen LogP contribution in [0.25, 0.3) is 32.1 Å². The van der Waals surface area contributed by atoms with E-state index >= 15 is 8.78 Å². The number of nitrogens with two attached hydrogens (primary N) is 1. The topological polar surface area (TPSA) is 112 Å². The number of piperidine rings is 1. The molecule has 0 radical (unpaired) electrons. The fraction of sp³-hybridized carbons (Fsp3) is 0.561. The van der Waals surface area contributed by atoms with E-state index in [-0.39, 0.29) is 85.5 Å². The van der Waals surface area contributed by atoms with Crippen LogP contribution in [0, 0.1) is 52.6 Å². The van der Waals surface area contributed by atoms with E-state index in [1.165, 1.54) is 17.0 Å². The van der Waals surface area contributed by atoms with Gasteiger partial charge < -0.3 is 20.3 Å². The first kappa shape index (κ1) is 37.3. The highest BCUT2D eigenvalue weighted by Crippen LogP contribution is 2.60. The number of rotatable bonds is 6. The monoisotopic (exact) mass is 825 g/mol. The second-order valence-electron chi connectivity index (χ2n) is 17.2. The SMILES string of the molecule is N#Cc1c(N)sc2c(F)ccc(-c3c(Cl)cc4c(N5CCC6CC7C6CC(C5)C7C(=O)N5CCCC(F)(F)C5)nc(OC[C@@]56CCCN5C[C@H](F)C6)nc4c3F)c12. The van der Waals surface area contributed by atoms with E-state index in [4.69, 9.17) is 27.1 Å². The lowest BCUT2D eigenvalue weighted by Gasteiger charge is -2.44. The molecule has 16 heteroatoms. The number of likely N-dealkylation sites (tertiary alicyclic amines) is 1. The fourth-order valence-electron chi connectivity index (χ4n) is 11.5. The van der Waals surface area contributed by atoms with Crippen LogP contribution < -0.4 is 15.4 Å². The lowest BCUT2D eigenvalue weighted by molar-refractivity contribution is -0.150. The van der Waals surface area contributed by atoms with Gasteiger partial charge in [0.1, 0.15) is 41.0 Å². The molecule has 0 spiro atoms. The van der Waals surface area contributed by atoms with Crippen LogP contribution in [0.5, 0.6) is 6.01 Å². The van der Waals surface area contributed by atoms with Gasteiger partial charge in [-0.15, -0.1) is 11.3 Å². The number of nitrogens with zero attached hydrogens (tertiary/aromatic N) is 6. The standard InChI is InChI=1S/C41H41ClF5N7O2S/c42-28-13-26-34(33(45)32(28)23-3-4-29(44)35-31(23)27(15-48)36(49)57-35)50-39(56-19-40-6-1-9-54(40)17-22(43)14-40)51-37(26)52-10-5-20-11-25-24(20)12-21(16-52)30(25)38(55)53-8-2-7-41(46,47)18-53/h3-4,13,20-22,24-25,30H,1-2,5-12,14,16-19,49H2/t20?,21?,22-,24?,25?,30?,40+/m1/s1. The van der Waals surface area contributed by atoms with Crippen LogP contribution in [-0.2, 0) is 4.79 Å². The number of halogens is 6. The molecule has 2 aromatic heterocycles. The molecule has 9 nitrogen and oxygen atoms in total. The van der Waals surface area contributed by atoms with Crippen molar-refractivity contribution in [2.45, 2.75) is 69.0 Å². The Balaban J connectivity index is 1.08. The van der Waals surface area contributed by atoms with Crippen molar-refractivity contribution in [1.82, 2.24) is 19.8 Å². The predicted octanol–water partition coefficient (Wildman–Crippen LogP) is 8.21. The number of fused-ring (bicyclic) bond motifs is 4. The summed E-state index contributed by atoms with van der Waals surface area (Å²) in [5.41, 5.74) is 5.58. The highest BCUT2D eigenvalue weighted by Gasteiger charge is 2.58. The molecule has 2 N–H and O–H groups in total. The molecule has 2 aromatic carbocycles. The third-order valence-corrected chi connectivity index (χ3v) is 15.4. The smallest absolute Gasteiger partial charge is 0.319 e. The Labute approximate surface area is 334 Å². The fourth-order valence-corrected chi connectivity index (χ4v) is 12.7.